The minimum absolute atomic E-state index is 0.157. The number of halogens is 1. The SMILES string of the molecule is Cc1ccc(CC(CCn2ccnc2)OC/C=C/c2ccc(Cl)cc2)cc1. The molecule has 0 saturated heterocycles. The molecule has 0 aliphatic heterocycles. The van der Waals surface area contributed by atoms with Crippen LogP contribution < -0.4 is 0 Å². The molecule has 140 valence electrons. The lowest BCUT2D eigenvalue weighted by Crippen LogP contribution is -2.19. The van der Waals surface area contributed by atoms with Crippen molar-refractivity contribution in [1.82, 2.24) is 9.55 Å². The van der Waals surface area contributed by atoms with Gasteiger partial charge in [-0.1, -0.05) is 65.7 Å². The fourth-order valence-corrected chi connectivity index (χ4v) is 3.02. The van der Waals surface area contributed by atoms with Crippen LogP contribution in [0, 0.1) is 6.92 Å². The predicted molar refractivity (Wildman–Crippen MR) is 112 cm³/mol. The summed E-state index contributed by atoms with van der Waals surface area (Å²) in [6.45, 7) is 3.60. The van der Waals surface area contributed by atoms with Crippen molar-refractivity contribution >= 4 is 17.7 Å². The average Bonchev–Trinajstić information content (AvgIpc) is 3.20. The Labute approximate surface area is 166 Å². The van der Waals surface area contributed by atoms with Crippen LogP contribution in [0.15, 0.2) is 73.3 Å². The number of imidazole rings is 1. The monoisotopic (exact) mass is 380 g/mol. The molecule has 1 aromatic heterocycles. The largest absolute Gasteiger partial charge is 0.374 e. The normalized spacial score (nSPS) is 12.5. The minimum atomic E-state index is 0.157. The minimum Gasteiger partial charge on any atom is -0.374 e. The Morgan fingerprint density at radius 3 is 2.59 bits per heavy atom. The summed E-state index contributed by atoms with van der Waals surface area (Å²) in [7, 11) is 0. The molecule has 0 N–H and O–H groups in total. The third kappa shape index (κ3) is 6.70. The number of benzene rings is 2. The van der Waals surface area contributed by atoms with Gasteiger partial charge in [0.1, 0.15) is 0 Å². The average molecular weight is 381 g/mol. The van der Waals surface area contributed by atoms with Crippen molar-refractivity contribution in [2.75, 3.05) is 6.61 Å². The van der Waals surface area contributed by atoms with Gasteiger partial charge in [0.05, 0.1) is 19.0 Å². The number of hydrogen-bond donors (Lipinski definition) is 0. The fraction of sp³-hybridized carbons (Fsp3) is 0.261. The standard InChI is InChI=1S/C23H25ClN2O/c1-19-4-6-21(7-5-19)17-23(12-14-26-15-13-25-18-26)27-16-2-3-20-8-10-22(24)11-9-20/h2-11,13,15,18,23H,12,14,16-17H2,1H3/b3-2+. The van der Waals surface area contributed by atoms with Crippen LogP contribution >= 0.6 is 11.6 Å². The van der Waals surface area contributed by atoms with Gasteiger partial charge in [0.15, 0.2) is 0 Å². The lowest BCUT2D eigenvalue weighted by atomic mass is 10.0. The summed E-state index contributed by atoms with van der Waals surface area (Å²) >= 11 is 5.92. The van der Waals surface area contributed by atoms with E-state index in [9.17, 15) is 0 Å². The van der Waals surface area contributed by atoms with Crippen LogP contribution in [-0.2, 0) is 17.7 Å². The number of rotatable bonds is 9. The molecule has 0 bridgehead atoms. The number of aromatic nitrogens is 2. The predicted octanol–water partition coefficient (Wildman–Crippen LogP) is 5.58. The van der Waals surface area contributed by atoms with Crippen molar-refractivity contribution in [2.45, 2.75) is 32.4 Å². The van der Waals surface area contributed by atoms with Crippen LogP contribution in [0.4, 0.5) is 0 Å². The molecular weight excluding hydrogens is 356 g/mol. The number of hydrogen-bond acceptors (Lipinski definition) is 2. The molecule has 3 nitrogen and oxygen atoms in total. The molecule has 0 aliphatic carbocycles. The Balaban J connectivity index is 1.56. The van der Waals surface area contributed by atoms with E-state index in [1.54, 1.807) is 0 Å². The fourth-order valence-electron chi connectivity index (χ4n) is 2.89. The van der Waals surface area contributed by atoms with E-state index in [1.807, 2.05) is 43.0 Å². The van der Waals surface area contributed by atoms with Gasteiger partial charge in [-0.25, -0.2) is 4.98 Å². The Morgan fingerprint density at radius 1 is 1.11 bits per heavy atom. The molecule has 4 heteroatoms. The highest BCUT2D eigenvalue weighted by Crippen LogP contribution is 2.13. The topological polar surface area (TPSA) is 27.1 Å². The molecule has 1 unspecified atom stereocenters. The number of nitrogens with zero attached hydrogens (tertiary/aromatic N) is 2. The molecule has 1 atom stereocenters. The van der Waals surface area contributed by atoms with Gasteiger partial charge in [-0.15, -0.1) is 0 Å². The summed E-state index contributed by atoms with van der Waals surface area (Å²) in [6.07, 6.45) is 11.8. The van der Waals surface area contributed by atoms with Crippen molar-refractivity contribution in [2.24, 2.45) is 0 Å². The third-order valence-corrected chi connectivity index (χ3v) is 4.71. The van der Waals surface area contributed by atoms with E-state index in [0.29, 0.717) is 6.61 Å². The van der Waals surface area contributed by atoms with Gasteiger partial charge in [-0.2, -0.15) is 0 Å². The molecule has 0 fully saturated rings. The lowest BCUT2D eigenvalue weighted by molar-refractivity contribution is 0.0650. The Hall–Kier alpha value is -2.36. The number of ether oxygens (including phenoxy) is 1. The van der Waals surface area contributed by atoms with Crippen molar-refractivity contribution in [1.29, 1.82) is 0 Å². The first kappa shape index (κ1) is 19.4. The summed E-state index contributed by atoms with van der Waals surface area (Å²) in [6, 6.07) is 16.5. The maximum Gasteiger partial charge on any atom is 0.0945 e. The molecule has 0 radical (unpaired) electrons. The van der Waals surface area contributed by atoms with Gasteiger partial charge in [0.2, 0.25) is 0 Å². The highest BCUT2D eigenvalue weighted by atomic mass is 35.5. The summed E-state index contributed by atoms with van der Waals surface area (Å²) in [4.78, 5) is 4.11. The van der Waals surface area contributed by atoms with Gasteiger partial charge >= 0.3 is 0 Å². The maximum absolute atomic E-state index is 6.17. The molecule has 0 spiro atoms. The second kappa shape index (κ2) is 10.1. The molecule has 0 amide bonds. The van der Waals surface area contributed by atoms with Crippen LogP contribution in [0.1, 0.15) is 23.1 Å². The van der Waals surface area contributed by atoms with Crippen LogP contribution in [0.25, 0.3) is 6.08 Å². The molecule has 0 saturated carbocycles. The van der Waals surface area contributed by atoms with E-state index in [2.05, 4.69) is 52.9 Å². The van der Waals surface area contributed by atoms with E-state index in [4.69, 9.17) is 16.3 Å². The van der Waals surface area contributed by atoms with Crippen molar-refractivity contribution in [3.05, 3.63) is 95.0 Å². The second-order valence-corrected chi connectivity index (χ2v) is 7.12. The van der Waals surface area contributed by atoms with Gasteiger partial charge in [-0.05, 0) is 43.0 Å². The summed E-state index contributed by atoms with van der Waals surface area (Å²) in [5, 5.41) is 0.751. The zero-order chi connectivity index (χ0) is 18.9. The first-order valence-electron chi connectivity index (χ1n) is 9.24. The Bertz CT molecular complexity index is 824. The van der Waals surface area contributed by atoms with E-state index >= 15 is 0 Å². The zero-order valence-electron chi connectivity index (χ0n) is 15.6. The van der Waals surface area contributed by atoms with Crippen molar-refractivity contribution in [3.63, 3.8) is 0 Å². The molecule has 1 heterocycles. The first-order chi connectivity index (χ1) is 13.2. The van der Waals surface area contributed by atoms with Crippen LogP contribution in [0.5, 0.6) is 0 Å². The zero-order valence-corrected chi connectivity index (χ0v) is 16.3. The molecule has 0 aliphatic rings. The quantitative estimate of drug-likeness (QED) is 0.484. The second-order valence-electron chi connectivity index (χ2n) is 6.69. The molecule has 2 aromatic carbocycles. The summed E-state index contributed by atoms with van der Waals surface area (Å²) in [5.74, 6) is 0. The van der Waals surface area contributed by atoms with Gasteiger partial charge in [0, 0.05) is 24.0 Å². The molecule has 27 heavy (non-hydrogen) atoms. The van der Waals surface area contributed by atoms with E-state index < -0.39 is 0 Å². The van der Waals surface area contributed by atoms with E-state index in [-0.39, 0.29) is 6.10 Å². The van der Waals surface area contributed by atoms with Crippen molar-refractivity contribution < 1.29 is 4.74 Å². The number of aryl methyl sites for hydroxylation is 2. The highest BCUT2D eigenvalue weighted by molar-refractivity contribution is 6.30. The smallest absolute Gasteiger partial charge is 0.0945 e. The molecule has 3 rings (SSSR count). The van der Waals surface area contributed by atoms with Gasteiger partial charge in [0.25, 0.3) is 0 Å². The molecular formula is C23H25ClN2O. The molecule has 3 aromatic rings. The van der Waals surface area contributed by atoms with Crippen LogP contribution in [0.3, 0.4) is 0 Å². The van der Waals surface area contributed by atoms with E-state index in [0.717, 1.165) is 30.0 Å². The Morgan fingerprint density at radius 2 is 1.89 bits per heavy atom. The Kier molecular flexibility index (Phi) is 7.26. The lowest BCUT2D eigenvalue weighted by Gasteiger charge is -2.18. The van der Waals surface area contributed by atoms with Crippen LogP contribution in [-0.4, -0.2) is 22.3 Å². The van der Waals surface area contributed by atoms with Gasteiger partial charge < -0.3 is 9.30 Å². The van der Waals surface area contributed by atoms with Crippen LogP contribution in [0.2, 0.25) is 5.02 Å². The van der Waals surface area contributed by atoms with E-state index in [1.165, 1.54) is 11.1 Å². The summed E-state index contributed by atoms with van der Waals surface area (Å²) in [5.41, 5.74) is 3.70. The summed E-state index contributed by atoms with van der Waals surface area (Å²) < 4.78 is 8.27. The highest BCUT2D eigenvalue weighted by Gasteiger charge is 2.10. The third-order valence-electron chi connectivity index (χ3n) is 4.46. The van der Waals surface area contributed by atoms with Crippen molar-refractivity contribution in [3.8, 4) is 0 Å². The first-order valence-corrected chi connectivity index (χ1v) is 9.62. The van der Waals surface area contributed by atoms with Gasteiger partial charge in [-0.3, -0.25) is 0 Å². The maximum atomic E-state index is 6.17.